The second kappa shape index (κ2) is 12.3. The number of anilines is 3. The lowest BCUT2D eigenvalue weighted by Gasteiger charge is -2.22. The van der Waals surface area contributed by atoms with Gasteiger partial charge in [0.2, 0.25) is 0 Å². The predicted molar refractivity (Wildman–Crippen MR) is 152 cm³/mol. The average molecular weight is 594 g/mol. The van der Waals surface area contributed by atoms with Gasteiger partial charge in [-0.1, -0.05) is 17.4 Å². The van der Waals surface area contributed by atoms with Crippen LogP contribution in [0.25, 0.3) is 5.70 Å². The van der Waals surface area contributed by atoms with Crippen LogP contribution in [-0.2, 0) is 12.7 Å². The molecule has 1 saturated heterocycles. The minimum atomic E-state index is -4.68. The molecule has 1 aromatic heterocycles. The molecule has 14 heteroatoms. The number of hydrazine groups is 1. The van der Waals surface area contributed by atoms with Crippen LogP contribution in [0.4, 0.5) is 34.1 Å². The molecule has 6 N–H and O–H groups in total. The standard InChI is InChI=1S/C27H31F4N7O2S/c1-15-4-5-16(9-22(15)38(33)14-20(32)23-11-35-26(34-2)41-23)25(39)36-21-10-18(27(29,30)31)8-17(24(21)40-3)12-37-7-6-19(28)13-37/h4-5,8-11,14,19H,6-7,12-13,32-33H2,1-3H3,(H,34,35)(H,36,39)/b20-14-. The van der Waals surface area contributed by atoms with Crippen molar-refractivity contribution in [1.29, 1.82) is 0 Å². The zero-order valence-electron chi connectivity index (χ0n) is 22.7. The molecule has 1 aliphatic heterocycles. The number of nitrogens with one attached hydrogen (secondary N) is 2. The van der Waals surface area contributed by atoms with E-state index in [0.29, 0.717) is 34.4 Å². The Balaban J connectivity index is 1.62. The lowest BCUT2D eigenvalue weighted by atomic mass is 10.1. The fourth-order valence-corrected chi connectivity index (χ4v) is 5.20. The van der Waals surface area contributed by atoms with Crippen LogP contribution in [0, 0.1) is 6.92 Å². The molecular formula is C27H31F4N7O2S. The Morgan fingerprint density at radius 3 is 2.68 bits per heavy atom. The van der Waals surface area contributed by atoms with E-state index in [9.17, 15) is 22.4 Å². The van der Waals surface area contributed by atoms with E-state index in [-0.39, 0.29) is 35.7 Å². The molecule has 4 rings (SSSR count). The van der Waals surface area contributed by atoms with Gasteiger partial charge in [-0.05, 0) is 43.2 Å². The third-order valence-corrected chi connectivity index (χ3v) is 7.65. The smallest absolute Gasteiger partial charge is 0.416 e. The number of hydrogen-bond donors (Lipinski definition) is 4. The van der Waals surface area contributed by atoms with Gasteiger partial charge < -0.3 is 21.1 Å². The molecule has 0 spiro atoms. The summed E-state index contributed by atoms with van der Waals surface area (Å²) in [4.78, 5) is 19.9. The summed E-state index contributed by atoms with van der Waals surface area (Å²) in [6.45, 7) is 2.34. The fraction of sp³-hybridized carbons (Fsp3) is 0.333. The fourth-order valence-electron chi connectivity index (χ4n) is 4.50. The summed E-state index contributed by atoms with van der Waals surface area (Å²) >= 11 is 1.33. The SMILES string of the molecule is CNc1ncc(/C(N)=C/N(N)c2cc(C(=O)Nc3cc(C(F)(F)F)cc(CN4CCC(F)C4)c3OC)ccc2C)s1. The Labute approximate surface area is 238 Å². The van der Waals surface area contributed by atoms with Crippen molar-refractivity contribution >= 4 is 39.4 Å². The lowest BCUT2D eigenvalue weighted by molar-refractivity contribution is -0.137. The van der Waals surface area contributed by atoms with Crippen molar-refractivity contribution in [3.8, 4) is 5.75 Å². The van der Waals surface area contributed by atoms with E-state index < -0.39 is 23.8 Å². The minimum Gasteiger partial charge on any atom is -0.494 e. The van der Waals surface area contributed by atoms with E-state index in [0.717, 1.165) is 17.7 Å². The van der Waals surface area contributed by atoms with Gasteiger partial charge in [0.05, 0.1) is 34.6 Å². The molecule has 1 fully saturated rings. The lowest BCUT2D eigenvalue weighted by Crippen LogP contribution is -2.27. The molecule has 220 valence electrons. The molecule has 0 aliphatic carbocycles. The summed E-state index contributed by atoms with van der Waals surface area (Å²) in [7, 11) is 3.04. The van der Waals surface area contributed by atoms with Crippen LogP contribution in [0.5, 0.6) is 5.75 Å². The topological polar surface area (TPSA) is 122 Å². The Bertz CT molecular complexity index is 1440. The van der Waals surface area contributed by atoms with Crippen molar-refractivity contribution in [1.82, 2.24) is 9.88 Å². The Morgan fingerprint density at radius 2 is 2.07 bits per heavy atom. The van der Waals surface area contributed by atoms with E-state index in [1.54, 1.807) is 31.1 Å². The van der Waals surface area contributed by atoms with Crippen molar-refractivity contribution in [3.05, 3.63) is 69.9 Å². The number of benzene rings is 2. The number of aromatic nitrogens is 1. The first-order chi connectivity index (χ1) is 19.4. The monoisotopic (exact) mass is 593 g/mol. The van der Waals surface area contributed by atoms with Crippen LogP contribution in [0.2, 0.25) is 0 Å². The number of alkyl halides is 4. The Morgan fingerprint density at radius 1 is 1.32 bits per heavy atom. The number of methoxy groups -OCH3 is 1. The molecule has 1 atom stereocenters. The predicted octanol–water partition coefficient (Wildman–Crippen LogP) is 4.95. The number of hydrogen-bond acceptors (Lipinski definition) is 9. The van der Waals surface area contributed by atoms with E-state index in [1.807, 2.05) is 0 Å². The van der Waals surface area contributed by atoms with Gasteiger partial charge >= 0.3 is 6.18 Å². The third kappa shape index (κ3) is 7.07. The maximum atomic E-state index is 13.8. The molecule has 0 saturated carbocycles. The zero-order valence-corrected chi connectivity index (χ0v) is 23.5. The van der Waals surface area contributed by atoms with Crippen LogP contribution >= 0.6 is 11.3 Å². The first-order valence-corrected chi connectivity index (χ1v) is 13.4. The van der Waals surface area contributed by atoms with Gasteiger partial charge in [0.1, 0.15) is 11.9 Å². The number of likely N-dealkylation sites (tertiary alicyclic amines) is 1. The van der Waals surface area contributed by atoms with Gasteiger partial charge in [-0.2, -0.15) is 13.2 Å². The molecule has 41 heavy (non-hydrogen) atoms. The molecule has 1 unspecified atom stereocenters. The van der Waals surface area contributed by atoms with Gasteiger partial charge in [-0.25, -0.2) is 15.2 Å². The molecule has 2 heterocycles. The number of ether oxygens (including phenoxy) is 1. The molecule has 0 radical (unpaired) electrons. The maximum Gasteiger partial charge on any atom is 0.416 e. The summed E-state index contributed by atoms with van der Waals surface area (Å²) in [5, 5.41) is 7.42. The summed E-state index contributed by atoms with van der Waals surface area (Å²) in [6.07, 6.45) is -2.32. The van der Waals surface area contributed by atoms with Crippen LogP contribution in [0.3, 0.4) is 0 Å². The van der Waals surface area contributed by atoms with Gasteiger partial charge in [-0.3, -0.25) is 14.7 Å². The van der Waals surface area contributed by atoms with E-state index in [1.165, 1.54) is 41.8 Å². The first-order valence-electron chi connectivity index (χ1n) is 12.6. The van der Waals surface area contributed by atoms with Crippen LogP contribution in [-0.4, -0.2) is 49.2 Å². The highest BCUT2D eigenvalue weighted by atomic mass is 32.1. The summed E-state index contributed by atoms with van der Waals surface area (Å²) in [6, 6.07) is 6.49. The second-order valence-corrected chi connectivity index (χ2v) is 10.6. The van der Waals surface area contributed by atoms with Gasteiger partial charge in [-0.15, -0.1) is 0 Å². The van der Waals surface area contributed by atoms with Crippen molar-refractivity contribution in [2.45, 2.75) is 32.2 Å². The molecule has 2 aromatic carbocycles. The zero-order chi connectivity index (χ0) is 29.9. The number of nitrogens with zero attached hydrogens (tertiary/aromatic N) is 3. The van der Waals surface area contributed by atoms with Gasteiger partial charge in [0.25, 0.3) is 5.91 Å². The Hall–Kier alpha value is -3.88. The summed E-state index contributed by atoms with van der Waals surface area (Å²) in [5.41, 5.74) is 6.93. The number of rotatable bonds is 9. The highest BCUT2D eigenvalue weighted by Gasteiger charge is 2.34. The highest BCUT2D eigenvalue weighted by Crippen LogP contribution is 2.39. The van der Waals surface area contributed by atoms with Crippen molar-refractivity contribution in [2.24, 2.45) is 11.6 Å². The number of halogens is 4. The molecule has 1 aliphatic rings. The normalized spacial score (nSPS) is 16.1. The Kier molecular flexibility index (Phi) is 9.05. The van der Waals surface area contributed by atoms with Crippen LogP contribution < -0.4 is 32.0 Å². The molecule has 1 amide bonds. The van der Waals surface area contributed by atoms with E-state index in [4.69, 9.17) is 16.3 Å². The number of carbonyl (C=O) groups is 1. The van der Waals surface area contributed by atoms with E-state index >= 15 is 0 Å². The number of thiazole rings is 1. The van der Waals surface area contributed by atoms with Crippen LogP contribution in [0.1, 0.15) is 38.3 Å². The van der Waals surface area contributed by atoms with Crippen molar-refractivity contribution in [3.63, 3.8) is 0 Å². The average Bonchev–Trinajstić information content (AvgIpc) is 3.57. The molecule has 9 nitrogen and oxygen atoms in total. The summed E-state index contributed by atoms with van der Waals surface area (Å²) in [5.74, 6) is 5.65. The molecular weight excluding hydrogens is 562 g/mol. The maximum absolute atomic E-state index is 13.8. The highest BCUT2D eigenvalue weighted by molar-refractivity contribution is 7.16. The second-order valence-electron chi connectivity index (χ2n) is 9.56. The number of carbonyl (C=O) groups excluding carboxylic acids is 1. The quantitative estimate of drug-likeness (QED) is 0.156. The van der Waals surface area contributed by atoms with Crippen molar-refractivity contribution in [2.75, 3.05) is 42.9 Å². The summed E-state index contributed by atoms with van der Waals surface area (Å²) < 4.78 is 60.5. The van der Waals surface area contributed by atoms with Gasteiger partial charge in [0, 0.05) is 50.2 Å². The molecule has 3 aromatic rings. The largest absolute Gasteiger partial charge is 0.494 e. The van der Waals surface area contributed by atoms with Crippen molar-refractivity contribution < 1.29 is 27.1 Å². The number of nitrogens with two attached hydrogens (primary N) is 2. The minimum absolute atomic E-state index is 0.0382. The first kappa shape index (κ1) is 30.1. The number of aryl methyl sites for hydroxylation is 1. The van der Waals surface area contributed by atoms with E-state index in [2.05, 4.69) is 15.6 Å². The number of amides is 1. The van der Waals surface area contributed by atoms with Crippen LogP contribution in [0.15, 0.2) is 42.7 Å². The molecule has 0 bridgehead atoms. The third-order valence-electron chi connectivity index (χ3n) is 6.59. The van der Waals surface area contributed by atoms with Gasteiger partial charge in [0.15, 0.2) is 5.13 Å².